The first-order valence-corrected chi connectivity index (χ1v) is 5.35. The number of hydrogen-bond acceptors (Lipinski definition) is 2. The van der Waals surface area contributed by atoms with E-state index < -0.39 is 0 Å². The van der Waals surface area contributed by atoms with Crippen LogP contribution < -0.4 is 4.74 Å². The summed E-state index contributed by atoms with van der Waals surface area (Å²) in [7, 11) is 0. The molecule has 1 aromatic carbocycles. The van der Waals surface area contributed by atoms with Crippen LogP contribution in [-0.2, 0) is 11.3 Å². The van der Waals surface area contributed by atoms with Crippen LogP contribution in [0.15, 0.2) is 18.2 Å². The van der Waals surface area contributed by atoms with Crippen molar-refractivity contribution in [1.82, 2.24) is 0 Å². The molecule has 1 atom stereocenters. The van der Waals surface area contributed by atoms with E-state index in [0.717, 1.165) is 11.3 Å². The topological polar surface area (TPSA) is 18.5 Å². The van der Waals surface area contributed by atoms with E-state index in [1.165, 1.54) is 5.56 Å². The number of ether oxygens (including phenoxy) is 2. The first kappa shape index (κ1) is 10.5. The molecule has 1 aliphatic heterocycles. The lowest BCUT2D eigenvalue weighted by molar-refractivity contribution is -0.163. The first-order valence-electron chi connectivity index (χ1n) is 5.35. The van der Waals surface area contributed by atoms with Gasteiger partial charge in [-0.1, -0.05) is 39.0 Å². The minimum atomic E-state index is -0.147. The smallest absolute Gasteiger partial charge is 0.205 e. The Hall–Kier alpha value is -1.02. The summed E-state index contributed by atoms with van der Waals surface area (Å²) in [6, 6.07) is 6.17. The Morgan fingerprint density at radius 3 is 2.67 bits per heavy atom. The molecule has 0 saturated heterocycles. The van der Waals surface area contributed by atoms with Gasteiger partial charge in [0.25, 0.3) is 0 Å². The molecule has 0 amide bonds. The van der Waals surface area contributed by atoms with Crippen LogP contribution in [0.25, 0.3) is 0 Å². The minimum absolute atomic E-state index is 0.0139. The number of aryl methyl sites for hydroxylation is 1. The highest BCUT2D eigenvalue weighted by Gasteiger charge is 2.31. The van der Waals surface area contributed by atoms with Gasteiger partial charge in [0, 0.05) is 11.0 Å². The van der Waals surface area contributed by atoms with Gasteiger partial charge in [0.05, 0.1) is 6.61 Å². The van der Waals surface area contributed by atoms with Crippen molar-refractivity contribution in [2.24, 2.45) is 5.41 Å². The number of hydrogen-bond donors (Lipinski definition) is 0. The van der Waals surface area contributed by atoms with E-state index in [-0.39, 0.29) is 11.7 Å². The van der Waals surface area contributed by atoms with Crippen molar-refractivity contribution < 1.29 is 9.47 Å². The summed E-state index contributed by atoms with van der Waals surface area (Å²) in [6.45, 7) is 9.10. The highest BCUT2D eigenvalue weighted by Crippen LogP contribution is 2.35. The Morgan fingerprint density at radius 1 is 1.27 bits per heavy atom. The van der Waals surface area contributed by atoms with Crippen LogP contribution in [0.4, 0.5) is 0 Å². The van der Waals surface area contributed by atoms with Gasteiger partial charge in [-0.05, 0) is 12.5 Å². The van der Waals surface area contributed by atoms with Crippen molar-refractivity contribution in [3.8, 4) is 5.75 Å². The molecule has 2 nitrogen and oxygen atoms in total. The molecule has 0 aliphatic carbocycles. The van der Waals surface area contributed by atoms with Crippen LogP contribution in [0.1, 0.15) is 31.9 Å². The van der Waals surface area contributed by atoms with E-state index in [0.29, 0.717) is 6.61 Å². The average Bonchev–Trinajstić information content (AvgIpc) is 2.16. The van der Waals surface area contributed by atoms with Gasteiger partial charge in [0.1, 0.15) is 5.75 Å². The Labute approximate surface area is 91.2 Å². The van der Waals surface area contributed by atoms with Crippen LogP contribution in [-0.4, -0.2) is 6.29 Å². The highest BCUT2D eigenvalue weighted by atomic mass is 16.7. The Bertz CT molecular complexity index is 363. The van der Waals surface area contributed by atoms with E-state index in [9.17, 15) is 0 Å². The second-order valence-corrected chi connectivity index (χ2v) is 5.19. The van der Waals surface area contributed by atoms with Crippen molar-refractivity contribution in [3.63, 3.8) is 0 Å². The molecule has 0 N–H and O–H groups in total. The summed E-state index contributed by atoms with van der Waals surface area (Å²) in [4.78, 5) is 0. The number of benzene rings is 1. The lowest BCUT2D eigenvalue weighted by Crippen LogP contribution is -2.37. The van der Waals surface area contributed by atoms with Crippen molar-refractivity contribution in [2.75, 3.05) is 0 Å². The summed E-state index contributed by atoms with van der Waals surface area (Å²) < 4.78 is 11.6. The summed E-state index contributed by atoms with van der Waals surface area (Å²) in [5.41, 5.74) is 2.35. The molecule has 0 radical (unpaired) electrons. The number of fused-ring (bicyclic) bond motifs is 1. The second-order valence-electron chi connectivity index (χ2n) is 5.19. The first-order chi connectivity index (χ1) is 6.98. The maximum Gasteiger partial charge on any atom is 0.205 e. The van der Waals surface area contributed by atoms with Crippen LogP contribution in [0.2, 0.25) is 0 Å². The molecule has 2 rings (SSSR count). The van der Waals surface area contributed by atoms with E-state index in [2.05, 4.69) is 39.8 Å². The summed E-state index contributed by atoms with van der Waals surface area (Å²) in [5, 5.41) is 0. The van der Waals surface area contributed by atoms with Crippen LogP contribution in [0.3, 0.4) is 0 Å². The number of para-hydroxylation sites is 1. The maximum atomic E-state index is 5.90. The third-order valence-corrected chi connectivity index (χ3v) is 2.62. The molecule has 1 unspecified atom stereocenters. The maximum absolute atomic E-state index is 5.90. The van der Waals surface area contributed by atoms with Crippen LogP contribution >= 0.6 is 0 Å². The van der Waals surface area contributed by atoms with E-state index in [4.69, 9.17) is 9.47 Å². The van der Waals surface area contributed by atoms with Crippen molar-refractivity contribution in [2.45, 2.75) is 40.6 Å². The van der Waals surface area contributed by atoms with Gasteiger partial charge in [0.15, 0.2) is 0 Å². The minimum Gasteiger partial charge on any atom is -0.464 e. The van der Waals surface area contributed by atoms with E-state index in [1.54, 1.807) is 0 Å². The van der Waals surface area contributed by atoms with Gasteiger partial charge in [-0.15, -0.1) is 0 Å². The van der Waals surface area contributed by atoms with Gasteiger partial charge in [-0.3, -0.25) is 0 Å². The average molecular weight is 206 g/mol. The predicted molar refractivity (Wildman–Crippen MR) is 59.8 cm³/mol. The fourth-order valence-electron chi connectivity index (χ4n) is 1.73. The van der Waals surface area contributed by atoms with Gasteiger partial charge in [-0.25, -0.2) is 0 Å². The molecule has 0 bridgehead atoms. The second kappa shape index (κ2) is 3.53. The van der Waals surface area contributed by atoms with Crippen molar-refractivity contribution in [1.29, 1.82) is 0 Å². The lowest BCUT2D eigenvalue weighted by atomic mass is 9.95. The molecule has 2 heteroatoms. The van der Waals surface area contributed by atoms with Crippen molar-refractivity contribution >= 4 is 0 Å². The van der Waals surface area contributed by atoms with E-state index in [1.807, 2.05) is 6.07 Å². The fraction of sp³-hybridized carbons (Fsp3) is 0.538. The monoisotopic (exact) mass is 206 g/mol. The van der Waals surface area contributed by atoms with Gasteiger partial charge in [-0.2, -0.15) is 0 Å². The zero-order valence-corrected chi connectivity index (χ0v) is 9.83. The summed E-state index contributed by atoms with van der Waals surface area (Å²) >= 11 is 0. The Balaban J connectivity index is 2.30. The lowest BCUT2D eigenvalue weighted by Gasteiger charge is -2.35. The SMILES string of the molecule is Cc1cccc2c1OC(C(C)(C)C)OC2. The molecular weight excluding hydrogens is 188 g/mol. The number of rotatable bonds is 0. The third kappa shape index (κ3) is 2.00. The molecular formula is C13H18O2. The normalized spacial score (nSPS) is 20.7. The third-order valence-electron chi connectivity index (χ3n) is 2.62. The zero-order chi connectivity index (χ0) is 11.1. The summed E-state index contributed by atoms with van der Waals surface area (Å²) in [6.07, 6.45) is -0.147. The molecule has 0 saturated carbocycles. The molecule has 1 aliphatic rings. The Morgan fingerprint density at radius 2 is 2.00 bits per heavy atom. The van der Waals surface area contributed by atoms with Gasteiger partial charge < -0.3 is 9.47 Å². The van der Waals surface area contributed by atoms with Crippen LogP contribution in [0, 0.1) is 12.3 Å². The standard InChI is InChI=1S/C13H18O2/c1-9-6-5-7-10-8-14-12(13(2,3)4)15-11(9)10/h5-7,12H,8H2,1-4H3. The zero-order valence-electron chi connectivity index (χ0n) is 9.83. The predicted octanol–water partition coefficient (Wildman–Crippen LogP) is 3.28. The molecule has 82 valence electrons. The van der Waals surface area contributed by atoms with Crippen molar-refractivity contribution in [3.05, 3.63) is 29.3 Å². The van der Waals surface area contributed by atoms with E-state index >= 15 is 0 Å². The van der Waals surface area contributed by atoms with Crippen LogP contribution in [0.5, 0.6) is 5.75 Å². The largest absolute Gasteiger partial charge is 0.464 e. The molecule has 1 aromatic rings. The molecule has 0 spiro atoms. The van der Waals surface area contributed by atoms with Gasteiger partial charge >= 0.3 is 0 Å². The highest BCUT2D eigenvalue weighted by molar-refractivity contribution is 5.41. The molecule has 1 heterocycles. The van der Waals surface area contributed by atoms with Gasteiger partial charge in [0.2, 0.25) is 6.29 Å². The molecule has 15 heavy (non-hydrogen) atoms. The quantitative estimate of drug-likeness (QED) is 0.648. The molecule has 0 aromatic heterocycles. The fourth-order valence-corrected chi connectivity index (χ4v) is 1.73. The molecule has 0 fully saturated rings. The Kier molecular flexibility index (Phi) is 2.47. The summed E-state index contributed by atoms with van der Waals surface area (Å²) in [5.74, 6) is 1.00.